The monoisotopic (exact) mass is 433 g/mol. The molecule has 2 aromatic rings. The van der Waals surface area contributed by atoms with Crippen LogP contribution in [0.25, 0.3) is 5.70 Å². The van der Waals surface area contributed by atoms with Crippen molar-refractivity contribution >= 4 is 28.9 Å². The third-order valence-electron chi connectivity index (χ3n) is 5.34. The summed E-state index contributed by atoms with van der Waals surface area (Å²) in [6, 6.07) is 5.54. The van der Waals surface area contributed by atoms with E-state index in [2.05, 4.69) is 36.5 Å². The molecule has 152 valence electrons. The second-order valence-corrected chi connectivity index (χ2v) is 8.14. The Morgan fingerprint density at radius 3 is 3.00 bits per heavy atom. The molecular weight excluding hydrogens is 413 g/mol. The van der Waals surface area contributed by atoms with Crippen molar-refractivity contribution in [2.75, 3.05) is 26.2 Å². The van der Waals surface area contributed by atoms with Gasteiger partial charge < -0.3 is 20.1 Å². The summed E-state index contributed by atoms with van der Waals surface area (Å²) in [6.45, 7) is 4.15. The smallest absolute Gasteiger partial charge is 0.231 e. The highest BCUT2D eigenvalue weighted by Crippen LogP contribution is 2.28. The predicted molar refractivity (Wildman–Crippen MR) is 111 cm³/mol. The molecule has 1 fully saturated rings. The van der Waals surface area contributed by atoms with E-state index in [1.54, 1.807) is 6.07 Å². The van der Waals surface area contributed by atoms with Gasteiger partial charge in [-0.15, -0.1) is 0 Å². The zero-order valence-electron chi connectivity index (χ0n) is 15.6. The Morgan fingerprint density at radius 1 is 1.21 bits per heavy atom. The fourth-order valence-corrected chi connectivity index (χ4v) is 4.16. The molecule has 0 aliphatic carbocycles. The first-order valence-corrected chi connectivity index (χ1v) is 10.4. The van der Waals surface area contributed by atoms with Gasteiger partial charge in [-0.05, 0) is 42.8 Å². The van der Waals surface area contributed by atoms with Crippen LogP contribution in [0.5, 0.6) is 0 Å². The lowest BCUT2D eigenvalue weighted by atomic mass is 10.1. The van der Waals surface area contributed by atoms with E-state index in [4.69, 9.17) is 27.7 Å². The van der Waals surface area contributed by atoms with Gasteiger partial charge in [-0.1, -0.05) is 28.4 Å². The molecule has 4 heterocycles. The van der Waals surface area contributed by atoms with Crippen LogP contribution in [0.4, 0.5) is 0 Å². The van der Waals surface area contributed by atoms with Crippen molar-refractivity contribution < 1.29 is 4.52 Å². The van der Waals surface area contributed by atoms with Crippen LogP contribution in [0.15, 0.2) is 40.3 Å². The summed E-state index contributed by atoms with van der Waals surface area (Å²) in [5.74, 6) is 2.40. The summed E-state index contributed by atoms with van der Waals surface area (Å²) < 4.78 is 5.50. The highest BCUT2D eigenvalue weighted by Gasteiger charge is 2.27. The van der Waals surface area contributed by atoms with Crippen LogP contribution < -0.4 is 21.5 Å². The van der Waals surface area contributed by atoms with Gasteiger partial charge >= 0.3 is 0 Å². The third-order valence-corrected chi connectivity index (χ3v) is 5.95. The van der Waals surface area contributed by atoms with Crippen molar-refractivity contribution in [3.8, 4) is 0 Å². The summed E-state index contributed by atoms with van der Waals surface area (Å²) in [5.41, 5.74) is 9.12. The number of aromatic nitrogens is 2. The topological polar surface area (TPSA) is 90.3 Å². The number of rotatable bonds is 4. The van der Waals surface area contributed by atoms with Crippen LogP contribution in [0, 0.1) is 0 Å². The first kappa shape index (κ1) is 18.6. The second kappa shape index (κ2) is 7.78. The van der Waals surface area contributed by atoms with Crippen molar-refractivity contribution in [3.05, 3.63) is 63.1 Å². The minimum Gasteiger partial charge on any atom is -0.367 e. The molecule has 1 saturated heterocycles. The zero-order valence-corrected chi connectivity index (χ0v) is 17.1. The molecule has 0 bridgehead atoms. The summed E-state index contributed by atoms with van der Waals surface area (Å²) in [7, 11) is 0. The molecule has 0 amide bonds. The van der Waals surface area contributed by atoms with Gasteiger partial charge in [0.05, 0.1) is 11.6 Å². The minimum absolute atomic E-state index is 0.279. The molecule has 1 unspecified atom stereocenters. The van der Waals surface area contributed by atoms with E-state index in [-0.39, 0.29) is 5.92 Å². The Morgan fingerprint density at radius 2 is 2.14 bits per heavy atom. The van der Waals surface area contributed by atoms with Gasteiger partial charge in [0.25, 0.3) is 0 Å². The fraction of sp³-hybridized carbons (Fsp3) is 0.368. The van der Waals surface area contributed by atoms with Crippen molar-refractivity contribution in [3.63, 3.8) is 0 Å². The van der Waals surface area contributed by atoms with Crippen LogP contribution in [-0.2, 0) is 6.54 Å². The van der Waals surface area contributed by atoms with Crippen molar-refractivity contribution in [1.29, 1.82) is 0 Å². The van der Waals surface area contributed by atoms with Crippen molar-refractivity contribution in [1.82, 2.24) is 36.5 Å². The average molecular weight is 434 g/mol. The molecule has 3 aliphatic heterocycles. The molecule has 0 spiro atoms. The van der Waals surface area contributed by atoms with Crippen molar-refractivity contribution in [2.24, 2.45) is 0 Å². The van der Waals surface area contributed by atoms with Gasteiger partial charge in [0.15, 0.2) is 0 Å². The Bertz CT molecular complexity index is 981. The lowest BCUT2D eigenvalue weighted by Crippen LogP contribution is -2.48. The molecule has 3 aliphatic rings. The molecule has 5 rings (SSSR count). The summed E-state index contributed by atoms with van der Waals surface area (Å²) in [6.07, 6.45) is 3.04. The minimum atomic E-state index is 0.279. The summed E-state index contributed by atoms with van der Waals surface area (Å²) in [4.78, 5) is 6.85. The van der Waals surface area contributed by atoms with Gasteiger partial charge in [0, 0.05) is 36.2 Å². The number of hydrogen-bond acceptors (Lipinski definition) is 8. The number of nitrogens with one attached hydrogen (secondary N) is 4. The first-order chi connectivity index (χ1) is 14.2. The number of nitrogens with zero attached hydrogens (tertiary/aromatic N) is 3. The highest BCUT2D eigenvalue weighted by molar-refractivity contribution is 6.33. The Kier molecular flexibility index (Phi) is 4.99. The normalized spacial score (nSPS) is 21.2. The number of hydrogen-bond donors (Lipinski definition) is 4. The maximum absolute atomic E-state index is 6.38. The number of hydrazine groups is 1. The Balaban J connectivity index is 1.41. The van der Waals surface area contributed by atoms with Gasteiger partial charge in [-0.25, -0.2) is 0 Å². The number of halogens is 2. The van der Waals surface area contributed by atoms with Crippen LogP contribution in [0.3, 0.4) is 0 Å². The van der Waals surface area contributed by atoms with Gasteiger partial charge in [0.1, 0.15) is 11.5 Å². The molecular formula is C19H21Cl2N7O. The van der Waals surface area contributed by atoms with E-state index >= 15 is 0 Å². The molecule has 1 aromatic heterocycles. The predicted octanol–water partition coefficient (Wildman–Crippen LogP) is 2.18. The highest BCUT2D eigenvalue weighted by atomic mass is 35.5. The lowest BCUT2D eigenvalue weighted by molar-refractivity contribution is 0.309. The van der Waals surface area contributed by atoms with Crippen LogP contribution >= 0.6 is 23.2 Å². The molecule has 0 radical (unpaired) electrons. The zero-order chi connectivity index (χ0) is 19.8. The summed E-state index contributed by atoms with van der Waals surface area (Å²) >= 11 is 12.5. The molecule has 1 atom stereocenters. The van der Waals surface area contributed by atoms with E-state index in [1.165, 1.54) is 0 Å². The molecule has 8 nitrogen and oxygen atoms in total. The molecule has 29 heavy (non-hydrogen) atoms. The van der Waals surface area contributed by atoms with E-state index in [0.29, 0.717) is 28.3 Å². The molecule has 1 aromatic carbocycles. The van der Waals surface area contributed by atoms with E-state index in [1.807, 2.05) is 18.2 Å². The largest absolute Gasteiger partial charge is 0.367 e. The second-order valence-electron chi connectivity index (χ2n) is 7.30. The van der Waals surface area contributed by atoms with E-state index < -0.39 is 0 Å². The third kappa shape index (κ3) is 3.75. The molecule has 10 heteroatoms. The number of benzene rings is 1. The Hall–Kier alpha value is -2.42. The van der Waals surface area contributed by atoms with E-state index in [0.717, 1.165) is 55.4 Å². The average Bonchev–Trinajstić information content (AvgIpc) is 3.42. The fourth-order valence-electron chi connectivity index (χ4n) is 3.79. The molecule has 0 saturated carbocycles. The van der Waals surface area contributed by atoms with Gasteiger partial charge in [-0.2, -0.15) is 4.98 Å². The maximum Gasteiger partial charge on any atom is 0.231 e. The standard InChI is InChI=1S/C19H21Cl2N7O/c20-13-1-2-14(21)12(7-13)10-28-6-5-23-18-16(28)8-15(25-26-18)17-24-19(29-27-17)11-3-4-22-9-11/h1-2,7-8,11,22-23,25-26H,3-6,9-10H2. The van der Waals surface area contributed by atoms with Crippen LogP contribution in [0.1, 0.15) is 29.6 Å². The van der Waals surface area contributed by atoms with Gasteiger partial charge in [0.2, 0.25) is 11.7 Å². The Labute approximate surface area is 178 Å². The van der Waals surface area contributed by atoms with Crippen LogP contribution in [-0.4, -0.2) is 41.2 Å². The van der Waals surface area contributed by atoms with Crippen LogP contribution in [0.2, 0.25) is 10.0 Å². The molecule has 4 N–H and O–H groups in total. The lowest BCUT2D eigenvalue weighted by Gasteiger charge is -2.36. The van der Waals surface area contributed by atoms with E-state index in [9.17, 15) is 0 Å². The summed E-state index contributed by atoms with van der Waals surface area (Å²) in [5, 5.41) is 12.2. The van der Waals surface area contributed by atoms with Gasteiger partial charge in [-0.3, -0.25) is 10.9 Å². The maximum atomic E-state index is 6.38. The van der Waals surface area contributed by atoms with Crippen molar-refractivity contribution in [2.45, 2.75) is 18.9 Å². The first-order valence-electron chi connectivity index (χ1n) is 9.63. The SMILES string of the molecule is Clc1ccc(Cl)c(CN2CCNC3=C2C=C(c2noc(C4CCNC4)n2)NN3)c1. The quantitative estimate of drug-likeness (QED) is 0.583. The number of allylic oxidation sites excluding steroid dienone is 1.